The van der Waals surface area contributed by atoms with E-state index in [0.717, 1.165) is 32.6 Å². The van der Waals surface area contributed by atoms with Gasteiger partial charge in [-0.25, -0.2) is 0 Å². The summed E-state index contributed by atoms with van der Waals surface area (Å²) >= 11 is 0. The molecule has 0 aliphatic rings. The SMILES string of the molecule is CCc1cc(CNCCCNC(C)C)n(CC)n1. The van der Waals surface area contributed by atoms with Gasteiger partial charge in [-0.2, -0.15) is 5.10 Å². The molecule has 0 aliphatic carbocycles. The fourth-order valence-electron chi connectivity index (χ4n) is 1.92. The van der Waals surface area contributed by atoms with E-state index in [0.29, 0.717) is 6.04 Å². The minimum atomic E-state index is 0.582. The van der Waals surface area contributed by atoms with Crippen LogP contribution in [0.1, 0.15) is 45.5 Å². The number of rotatable bonds is 9. The summed E-state index contributed by atoms with van der Waals surface area (Å²) in [6.45, 7) is 12.7. The third-order valence-corrected chi connectivity index (χ3v) is 2.96. The number of aryl methyl sites for hydroxylation is 2. The van der Waals surface area contributed by atoms with Gasteiger partial charge in [0, 0.05) is 19.1 Å². The lowest BCUT2D eigenvalue weighted by atomic mass is 10.3. The molecule has 4 nitrogen and oxygen atoms in total. The van der Waals surface area contributed by atoms with Gasteiger partial charge in [0.25, 0.3) is 0 Å². The van der Waals surface area contributed by atoms with Crippen molar-refractivity contribution in [1.82, 2.24) is 20.4 Å². The first-order valence-corrected chi connectivity index (χ1v) is 7.17. The van der Waals surface area contributed by atoms with Crippen molar-refractivity contribution >= 4 is 0 Å². The van der Waals surface area contributed by atoms with Crippen LogP contribution in [0.5, 0.6) is 0 Å². The van der Waals surface area contributed by atoms with Gasteiger partial charge in [-0.15, -0.1) is 0 Å². The fourth-order valence-corrected chi connectivity index (χ4v) is 1.92. The molecule has 2 N–H and O–H groups in total. The van der Waals surface area contributed by atoms with E-state index < -0.39 is 0 Å². The van der Waals surface area contributed by atoms with Gasteiger partial charge in [0.2, 0.25) is 0 Å². The van der Waals surface area contributed by atoms with Crippen LogP contribution in [0.2, 0.25) is 0 Å². The van der Waals surface area contributed by atoms with Crippen LogP contribution < -0.4 is 10.6 Å². The molecule has 0 aliphatic heterocycles. The van der Waals surface area contributed by atoms with Crippen molar-refractivity contribution in [2.75, 3.05) is 13.1 Å². The molecule has 0 amide bonds. The molecule has 0 radical (unpaired) electrons. The Morgan fingerprint density at radius 2 is 2.06 bits per heavy atom. The molecule has 104 valence electrons. The van der Waals surface area contributed by atoms with Crippen molar-refractivity contribution in [1.29, 1.82) is 0 Å². The van der Waals surface area contributed by atoms with Crippen LogP contribution >= 0.6 is 0 Å². The first-order valence-electron chi connectivity index (χ1n) is 7.17. The third-order valence-electron chi connectivity index (χ3n) is 2.96. The summed E-state index contributed by atoms with van der Waals surface area (Å²) < 4.78 is 2.10. The standard InChI is InChI=1S/C14H28N4/c1-5-13-10-14(18(6-2)17-13)11-15-8-7-9-16-12(3)4/h10,12,15-16H,5-9,11H2,1-4H3. The maximum atomic E-state index is 4.55. The van der Waals surface area contributed by atoms with Crippen LogP contribution in [-0.4, -0.2) is 28.9 Å². The highest BCUT2D eigenvalue weighted by Gasteiger charge is 2.04. The Morgan fingerprint density at radius 3 is 2.67 bits per heavy atom. The van der Waals surface area contributed by atoms with Crippen LogP contribution in [0, 0.1) is 0 Å². The van der Waals surface area contributed by atoms with Crippen molar-refractivity contribution in [3.63, 3.8) is 0 Å². The lowest BCUT2D eigenvalue weighted by Gasteiger charge is -2.09. The van der Waals surface area contributed by atoms with E-state index in [1.54, 1.807) is 0 Å². The van der Waals surface area contributed by atoms with E-state index in [1.165, 1.54) is 17.8 Å². The normalized spacial score (nSPS) is 11.4. The maximum absolute atomic E-state index is 4.55. The molecule has 1 rings (SSSR count). The smallest absolute Gasteiger partial charge is 0.0625 e. The van der Waals surface area contributed by atoms with Crippen LogP contribution in [0.4, 0.5) is 0 Å². The number of nitrogens with zero attached hydrogens (tertiary/aromatic N) is 2. The second kappa shape index (κ2) is 8.27. The zero-order chi connectivity index (χ0) is 13.4. The maximum Gasteiger partial charge on any atom is 0.0625 e. The monoisotopic (exact) mass is 252 g/mol. The van der Waals surface area contributed by atoms with Gasteiger partial charge in [-0.05, 0) is 38.9 Å². The lowest BCUT2D eigenvalue weighted by Crippen LogP contribution is -2.27. The number of nitrogens with one attached hydrogen (secondary N) is 2. The summed E-state index contributed by atoms with van der Waals surface area (Å²) in [6, 6.07) is 2.79. The van der Waals surface area contributed by atoms with Crippen molar-refractivity contribution in [2.24, 2.45) is 0 Å². The van der Waals surface area contributed by atoms with E-state index >= 15 is 0 Å². The van der Waals surface area contributed by atoms with Crippen LogP contribution in [0.3, 0.4) is 0 Å². The highest BCUT2D eigenvalue weighted by Crippen LogP contribution is 2.05. The highest BCUT2D eigenvalue weighted by atomic mass is 15.3. The number of hydrogen-bond donors (Lipinski definition) is 2. The Bertz CT molecular complexity index is 331. The van der Waals surface area contributed by atoms with E-state index in [4.69, 9.17) is 0 Å². The summed E-state index contributed by atoms with van der Waals surface area (Å²) in [5, 5.41) is 11.5. The molecule has 1 heterocycles. The summed E-state index contributed by atoms with van der Waals surface area (Å²) in [5.74, 6) is 0. The predicted molar refractivity (Wildman–Crippen MR) is 76.7 cm³/mol. The minimum absolute atomic E-state index is 0.582. The average Bonchev–Trinajstić information content (AvgIpc) is 2.75. The molecule has 0 atom stereocenters. The Kier molecular flexibility index (Phi) is 6.98. The Balaban J connectivity index is 2.24. The topological polar surface area (TPSA) is 41.9 Å². The molecule has 1 aromatic rings. The van der Waals surface area contributed by atoms with Gasteiger partial charge in [0.1, 0.15) is 0 Å². The average molecular weight is 252 g/mol. The van der Waals surface area contributed by atoms with E-state index in [9.17, 15) is 0 Å². The summed E-state index contributed by atoms with van der Waals surface area (Å²) in [4.78, 5) is 0. The van der Waals surface area contributed by atoms with Gasteiger partial charge >= 0.3 is 0 Å². The molecule has 4 heteroatoms. The Hall–Kier alpha value is -0.870. The fraction of sp³-hybridized carbons (Fsp3) is 0.786. The van der Waals surface area contributed by atoms with Gasteiger partial charge in [-0.1, -0.05) is 20.8 Å². The summed E-state index contributed by atoms with van der Waals surface area (Å²) in [5.41, 5.74) is 2.49. The van der Waals surface area contributed by atoms with Crippen LogP contribution in [0.25, 0.3) is 0 Å². The van der Waals surface area contributed by atoms with Gasteiger partial charge in [0.05, 0.1) is 11.4 Å². The van der Waals surface area contributed by atoms with Gasteiger partial charge in [0.15, 0.2) is 0 Å². The lowest BCUT2D eigenvalue weighted by molar-refractivity contribution is 0.533. The van der Waals surface area contributed by atoms with Crippen molar-refractivity contribution in [3.8, 4) is 0 Å². The third kappa shape index (κ3) is 5.19. The molecule has 0 aromatic carbocycles. The molecule has 0 fully saturated rings. The van der Waals surface area contributed by atoms with Crippen LogP contribution in [0.15, 0.2) is 6.07 Å². The highest BCUT2D eigenvalue weighted by molar-refractivity contribution is 5.10. The molecule has 0 spiro atoms. The molecular weight excluding hydrogens is 224 g/mol. The number of hydrogen-bond acceptors (Lipinski definition) is 3. The molecule has 18 heavy (non-hydrogen) atoms. The van der Waals surface area contributed by atoms with E-state index in [1.807, 2.05) is 0 Å². The largest absolute Gasteiger partial charge is 0.314 e. The van der Waals surface area contributed by atoms with Gasteiger partial charge in [-0.3, -0.25) is 4.68 Å². The Morgan fingerprint density at radius 1 is 1.28 bits per heavy atom. The Labute approximate surface area is 111 Å². The minimum Gasteiger partial charge on any atom is -0.314 e. The molecule has 0 bridgehead atoms. The molecule has 0 unspecified atom stereocenters. The number of aromatic nitrogens is 2. The molecule has 0 saturated carbocycles. The predicted octanol–water partition coefficient (Wildman–Crippen LogP) is 1.94. The second-order valence-electron chi connectivity index (χ2n) is 4.94. The summed E-state index contributed by atoms with van der Waals surface area (Å²) in [7, 11) is 0. The van der Waals surface area contributed by atoms with Gasteiger partial charge < -0.3 is 10.6 Å². The van der Waals surface area contributed by atoms with Crippen LogP contribution in [-0.2, 0) is 19.5 Å². The second-order valence-corrected chi connectivity index (χ2v) is 4.94. The van der Waals surface area contributed by atoms with E-state index in [2.05, 4.69) is 54.2 Å². The van der Waals surface area contributed by atoms with Crippen molar-refractivity contribution in [3.05, 3.63) is 17.5 Å². The van der Waals surface area contributed by atoms with Crippen molar-refractivity contribution < 1.29 is 0 Å². The van der Waals surface area contributed by atoms with Crippen molar-refractivity contribution in [2.45, 2.75) is 59.7 Å². The molecular formula is C14H28N4. The first-order chi connectivity index (χ1) is 8.67. The molecule has 0 saturated heterocycles. The summed E-state index contributed by atoms with van der Waals surface area (Å²) in [6.07, 6.45) is 2.18. The molecule has 1 aromatic heterocycles. The zero-order valence-electron chi connectivity index (χ0n) is 12.3. The van der Waals surface area contributed by atoms with E-state index in [-0.39, 0.29) is 0 Å². The first kappa shape index (κ1) is 15.2. The quantitative estimate of drug-likeness (QED) is 0.660. The zero-order valence-corrected chi connectivity index (χ0v) is 12.3.